The summed E-state index contributed by atoms with van der Waals surface area (Å²) < 4.78 is 0. The second-order valence-corrected chi connectivity index (χ2v) is 6.26. The molecule has 1 heterocycles. The van der Waals surface area contributed by atoms with Crippen LogP contribution in [0.2, 0.25) is 10.0 Å². The lowest BCUT2D eigenvalue weighted by Crippen LogP contribution is -2.41. The molecule has 0 aromatic heterocycles. The molecule has 1 aliphatic rings. The summed E-state index contributed by atoms with van der Waals surface area (Å²) in [5.41, 5.74) is 6.17. The fourth-order valence-electron chi connectivity index (χ4n) is 2.76. The summed E-state index contributed by atoms with van der Waals surface area (Å²) in [6.45, 7) is 2.98. The van der Waals surface area contributed by atoms with E-state index in [0.29, 0.717) is 34.7 Å². The van der Waals surface area contributed by atoms with E-state index in [4.69, 9.17) is 28.9 Å². The Morgan fingerprint density at radius 2 is 2.24 bits per heavy atom. The minimum atomic E-state index is -0.0624. The van der Waals surface area contributed by atoms with Gasteiger partial charge in [-0.05, 0) is 50.4 Å². The van der Waals surface area contributed by atoms with Gasteiger partial charge in [-0.3, -0.25) is 9.69 Å². The molecule has 0 saturated carbocycles. The van der Waals surface area contributed by atoms with Gasteiger partial charge in [-0.25, -0.2) is 0 Å². The van der Waals surface area contributed by atoms with Gasteiger partial charge in [0.15, 0.2) is 0 Å². The van der Waals surface area contributed by atoms with Crippen LogP contribution in [0.5, 0.6) is 0 Å². The molecule has 6 heteroatoms. The largest absolute Gasteiger partial charge is 0.330 e. The van der Waals surface area contributed by atoms with E-state index in [0.717, 1.165) is 25.9 Å². The first-order valence-electron chi connectivity index (χ1n) is 7.26. The molecule has 0 spiro atoms. The van der Waals surface area contributed by atoms with Crippen LogP contribution in [0, 0.1) is 5.92 Å². The molecule has 0 aliphatic carbocycles. The summed E-state index contributed by atoms with van der Waals surface area (Å²) in [5, 5.41) is 3.65. The van der Waals surface area contributed by atoms with Crippen LogP contribution in [0.4, 0.5) is 5.69 Å². The summed E-state index contributed by atoms with van der Waals surface area (Å²) in [5.74, 6) is 0.541. The molecule has 1 aromatic rings. The maximum atomic E-state index is 12.1. The van der Waals surface area contributed by atoms with Gasteiger partial charge >= 0.3 is 0 Å². The van der Waals surface area contributed by atoms with E-state index in [1.165, 1.54) is 6.42 Å². The van der Waals surface area contributed by atoms with Gasteiger partial charge in [0.2, 0.25) is 5.91 Å². The highest BCUT2D eigenvalue weighted by Crippen LogP contribution is 2.29. The second kappa shape index (κ2) is 7.99. The molecule has 2 rings (SSSR count). The molecule has 0 bridgehead atoms. The molecule has 0 radical (unpaired) electrons. The fraction of sp³-hybridized carbons (Fsp3) is 0.533. The van der Waals surface area contributed by atoms with Crippen LogP contribution in [0.15, 0.2) is 18.2 Å². The van der Waals surface area contributed by atoms with Crippen molar-refractivity contribution in [2.45, 2.75) is 19.3 Å². The van der Waals surface area contributed by atoms with E-state index in [-0.39, 0.29) is 5.91 Å². The number of hydrogen-bond donors (Lipinski definition) is 2. The van der Waals surface area contributed by atoms with Crippen molar-refractivity contribution < 1.29 is 4.79 Å². The molecule has 3 N–H and O–H groups in total. The number of nitrogens with one attached hydrogen (secondary N) is 1. The zero-order valence-electron chi connectivity index (χ0n) is 11.9. The van der Waals surface area contributed by atoms with Crippen LogP contribution in [0.1, 0.15) is 19.3 Å². The highest BCUT2D eigenvalue weighted by atomic mass is 35.5. The van der Waals surface area contributed by atoms with E-state index in [1.807, 2.05) is 0 Å². The molecule has 4 nitrogen and oxygen atoms in total. The normalized spacial score (nSPS) is 19.5. The quantitative estimate of drug-likeness (QED) is 0.873. The van der Waals surface area contributed by atoms with Gasteiger partial charge in [-0.1, -0.05) is 29.3 Å². The van der Waals surface area contributed by atoms with Crippen molar-refractivity contribution in [3.63, 3.8) is 0 Å². The Morgan fingerprint density at radius 3 is 3.00 bits per heavy atom. The Morgan fingerprint density at radius 1 is 1.43 bits per heavy atom. The molecule has 1 amide bonds. The highest BCUT2D eigenvalue weighted by molar-refractivity contribution is 6.43. The lowest BCUT2D eigenvalue weighted by atomic mass is 9.95. The fourth-order valence-corrected chi connectivity index (χ4v) is 3.11. The van der Waals surface area contributed by atoms with Gasteiger partial charge in [0, 0.05) is 6.54 Å². The zero-order chi connectivity index (χ0) is 15.2. The summed E-state index contributed by atoms with van der Waals surface area (Å²) in [4.78, 5) is 14.3. The SMILES string of the molecule is NCCC1CCCN(CC(=O)Nc2cccc(Cl)c2Cl)C1. The maximum absolute atomic E-state index is 12.1. The number of carbonyl (C=O) groups is 1. The first-order chi connectivity index (χ1) is 10.1. The Hall–Kier alpha value is -0.810. The molecule has 1 saturated heterocycles. The maximum Gasteiger partial charge on any atom is 0.238 e. The Bertz CT molecular complexity index is 494. The molecule has 21 heavy (non-hydrogen) atoms. The second-order valence-electron chi connectivity index (χ2n) is 5.47. The minimum absolute atomic E-state index is 0.0624. The third-order valence-electron chi connectivity index (χ3n) is 3.77. The average Bonchev–Trinajstić information content (AvgIpc) is 2.44. The van der Waals surface area contributed by atoms with E-state index in [2.05, 4.69) is 10.2 Å². The predicted octanol–water partition coefficient (Wildman–Crippen LogP) is 2.99. The van der Waals surface area contributed by atoms with Crippen LogP contribution in [-0.2, 0) is 4.79 Å². The minimum Gasteiger partial charge on any atom is -0.330 e. The summed E-state index contributed by atoms with van der Waals surface area (Å²) in [6.07, 6.45) is 3.35. The number of nitrogens with two attached hydrogens (primary N) is 1. The van der Waals surface area contributed by atoms with Crippen LogP contribution >= 0.6 is 23.2 Å². The van der Waals surface area contributed by atoms with Crippen molar-refractivity contribution in [3.05, 3.63) is 28.2 Å². The average molecular weight is 330 g/mol. The van der Waals surface area contributed by atoms with Gasteiger partial charge in [-0.15, -0.1) is 0 Å². The van der Waals surface area contributed by atoms with Gasteiger partial charge in [-0.2, -0.15) is 0 Å². The number of rotatable bonds is 5. The van der Waals surface area contributed by atoms with E-state index in [9.17, 15) is 4.79 Å². The number of amides is 1. The molecule has 1 aromatic carbocycles. The van der Waals surface area contributed by atoms with Gasteiger partial charge in [0.25, 0.3) is 0 Å². The zero-order valence-corrected chi connectivity index (χ0v) is 13.5. The molecule has 1 atom stereocenters. The van der Waals surface area contributed by atoms with E-state index < -0.39 is 0 Å². The van der Waals surface area contributed by atoms with Crippen molar-refractivity contribution in [2.75, 3.05) is 31.5 Å². The number of carbonyl (C=O) groups excluding carboxylic acids is 1. The van der Waals surface area contributed by atoms with Crippen molar-refractivity contribution in [1.82, 2.24) is 4.90 Å². The molecule has 1 fully saturated rings. The smallest absolute Gasteiger partial charge is 0.238 e. The van der Waals surface area contributed by atoms with E-state index >= 15 is 0 Å². The number of hydrogen-bond acceptors (Lipinski definition) is 3. The standard InChI is InChI=1S/C15H21Cl2N3O/c16-12-4-1-5-13(15(12)17)19-14(21)10-20-8-2-3-11(9-20)6-7-18/h1,4-5,11H,2-3,6-10,18H2,(H,19,21). The summed E-state index contributed by atoms with van der Waals surface area (Å²) >= 11 is 12.0. The third-order valence-corrected chi connectivity index (χ3v) is 4.59. The Kier molecular flexibility index (Phi) is 6.30. The number of anilines is 1. The summed E-state index contributed by atoms with van der Waals surface area (Å²) in [7, 11) is 0. The molecular weight excluding hydrogens is 309 g/mol. The number of benzene rings is 1. The Balaban J connectivity index is 1.88. The van der Waals surface area contributed by atoms with Crippen LogP contribution in [0.3, 0.4) is 0 Å². The van der Waals surface area contributed by atoms with Crippen LogP contribution in [-0.4, -0.2) is 37.0 Å². The number of piperidine rings is 1. The first kappa shape index (κ1) is 16.6. The first-order valence-corrected chi connectivity index (χ1v) is 8.02. The van der Waals surface area contributed by atoms with Crippen molar-refractivity contribution >= 4 is 34.8 Å². The van der Waals surface area contributed by atoms with Crippen LogP contribution in [0.25, 0.3) is 0 Å². The highest BCUT2D eigenvalue weighted by Gasteiger charge is 2.21. The van der Waals surface area contributed by atoms with Crippen molar-refractivity contribution in [1.29, 1.82) is 0 Å². The molecule has 1 aliphatic heterocycles. The number of nitrogens with zero attached hydrogens (tertiary/aromatic N) is 1. The van der Waals surface area contributed by atoms with Crippen LogP contribution < -0.4 is 11.1 Å². The van der Waals surface area contributed by atoms with Crippen molar-refractivity contribution in [3.8, 4) is 0 Å². The monoisotopic (exact) mass is 329 g/mol. The molecule has 1 unspecified atom stereocenters. The van der Waals surface area contributed by atoms with E-state index in [1.54, 1.807) is 18.2 Å². The Labute approximate surface area is 135 Å². The predicted molar refractivity (Wildman–Crippen MR) is 87.9 cm³/mol. The molecular formula is C15H21Cl2N3O. The number of likely N-dealkylation sites (tertiary alicyclic amines) is 1. The summed E-state index contributed by atoms with van der Waals surface area (Å²) in [6, 6.07) is 5.21. The lowest BCUT2D eigenvalue weighted by Gasteiger charge is -2.32. The van der Waals surface area contributed by atoms with Gasteiger partial charge in [0.05, 0.1) is 22.3 Å². The van der Waals surface area contributed by atoms with Gasteiger partial charge in [0.1, 0.15) is 0 Å². The van der Waals surface area contributed by atoms with Crippen molar-refractivity contribution in [2.24, 2.45) is 11.7 Å². The molecule has 116 valence electrons. The topological polar surface area (TPSA) is 58.4 Å². The third kappa shape index (κ3) is 4.85. The van der Waals surface area contributed by atoms with Gasteiger partial charge < -0.3 is 11.1 Å². The lowest BCUT2D eigenvalue weighted by molar-refractivity contribution is -0.117. The number of halogens is 2.